The predicted molar refractivity (Wildman–Crippen MR) is 69.0 cm³/mol. The summed E-state index contributed by atoms with van der Waals surface area (Å²) >= 11 is 0. The lowest BCUT2D eigenvalue weighted by Gasteiger charge is -2.06. The molecule has 4 nitrogen and oxygen atoms in total. The van der Waals surface area contributed by atoms with Crippen molar-refractivity contribution in [2.75, 3.05) is 5.73 Å². The number of nitrogens with zero attached hydrogens (tertiary/aromatic N) is 2. The second kappa shape index (κ2) is 4.49. The first kappa shape index (κ1) is 11.5. The van der Waals surface area contributed by atoms with Crippen LogP contribution in [0.1, 0.15) is 25.5 Å². The lowest BCUT2D eigenvalue weighted by molar-refractivity contribution is 0.561. The number of rotatable bonds is 3. The molecule has 0 bridgehead atoms. The van der Waals surface area contributed by atoms with E-state index < -0.39 is 0 Å². The third-order valence-corrected chi connectivity index (χ3v) is 2.83. The minimum absolute atomic E-state index is 0.00301. The minimum Gasteiger partial charge on any atom is -0.398 e. The van der Waals surface area contributed by atoms with Crippen LogP contribution in [0.25, 0.3) is 0 Å². The molecule has 2 N–H and O–H groups in total. The Morgan fingerprint density at radius 3 is 2.53 bits per heavy atom. The number of aromatic nitrogens is 2. The Labute approximate surface area is 100 Å². The molecule has 4 heteroatoms. The first-order valence-corrected chi connectivity index (χ1v) is 5.70. The molecule has 0 saturated heterocycles. The fourth-order valence-electron chi connectivity index (χ4n) is 1.80. The van der Waals surface area contributed by atoms with Crippen molar-refractivity contribution in [2.24, 2.45) is 0 Å². The molecule has 17 heavy (non-hydrogen) atoms. The van der Waals surface area contributed by atoms with Gasteiger partial charge in [-0.3, -0.25) is 9.13 Å². The summed E-state index contributed by atoms with van der Waals surface area (Å²) in [6, 6.07) is 7.78. The fraction of sp³-hybridized carbons (Fsp3) is 0.308. The second-order valence-corrected chi connectivity index (χ2v) is 4.41. The monoisotopic (exact) mass is 231 g/mol. The number of hydrogen-bond donors (Lipinski definition) is 1. The molecule has 2 rings (SSSR count). The van der Waals surface area contributed by atoms with E-state index in [0.29, 0.717) is 6.54 Å². The summed E-state index contributed by atoms with van der Waals surface area (Å²) < 4.78 is 3.38. The van der Waals surface area contributed by atoms with Crippen LogP contribution in [0.3, 0.4) is 0 Å². The number of nitrogen functional groups attached to an aromatic ring is 1. The largest absolute Gasteiger partial charge is 0.398 e. The summed E-state index contributed by atoms with van der Waals surface area (Å²) in [4.78, 5) is 12.0. The van der Waals surface area contributed by atoms with Crippen molar-refractivity contribution in [3.63, 3.8) is 0 Å². The molecule has 0 fully saturated rings. The highest BCUT2D eigenvalue weighted by Gasteiger charge is 2.07. The highest BCUT2D eigenvalue weighted by atomic mass is 16.1. The van der Waals surface area contributed by atoms with Gasteiger partial charge in [0, 0.05) is 24.1 Å². The predicted octanol–water partition coefficient (Wildman–Crippen LogP) is 1.86. The first-order chi connectivity index (χ1) is 8.09. The van der Waals surface area contributed by atoms with Gasteiger partial charge in [-0.2, -0.15) is 0 Å². The van der Waals surface area contributed by atoms with E-state index in [1.54, 1.807) is 15.3 Å². The average Bonchev–Trinajstić information content (AvgIpc) is 2.64. The molecule has 0 aliphatic rings. The van der Waals surface area contributed by atoms with E-state index in [1.165, 1.54) is 0 Å². The molecule has 0 aliphatic heterocycles. The van der Waals surface area contributed by atoms with Gasteiger partial charge in [-0.25, -0.2) is 4.79 Å². The summed E-state index contributed by atoms with van der Waals surface area (Å²) in [7, 11) is 0. The van der Waals surface area contributed by atoms with Crippen LogP contribution >= 0.6 is 0 Å². The van der Waals surface area contributed by atoms with Crippen LogP contribution in [-0.4, -0.2) is 9.13 Å². The van der Waals surface area contributed by atoms with E-state index in [-0.39, 0.29) is 11.7 Å². The zero-order chi connectivity index (χ0) is 12.4. The third-order valence-electron chi connectivity index (χ3n) is 2.83. The van der Waals surface area contributed by atoms with Gasteiger partial charge in [-0.15, -0.1) is 0 Å². The van der Waals surface area contributed by atoms with Gasteiger partial charge in [-0.1, -0.05) is 18.2 Å². The Balaban J connectivity index is 2.32. The first-order valence-electron chi connectivity index (χ1n) is 5.70. The molecule has 90 valence electrons. The van der Waals surface area contributed by atoms with Gasteiger partial charge in [0.2, 0.25) is 0 Å². The molecule has 0 unspecified atom stereocenters. The molecule has 1 aromatic carbocycles. The van der Waals surface area contributed by atoms with Crippen molar-refractivity contribution in [3.8, 4) is 0 Å². The smallest absolute Gasteiger partial charge is 0.328 e. The number of para-hydroxylation sites is 1. The van der Waals surface area contributed by atoms with Gasteiger partial charge < -0.3 is 5.73 Å². The molecular formula is C13H17N3O. The van der Waals surface area contributed by atoms with Gasteiger partial charge in [0.05, 0.1) is 6.54 Å². The molecule has 1 aromatic heterocycles. The van der Waals surface area contributed by atoms with E-state index in [2.05, 4.69) is 0 Å². The lowest BCUT2D eigenvalue weighted by atomic mass is 10.2. The highest BCUT2D eigenvalue weighted by Crippen LogP contribution is 2.11. The summed E-state index contributed by atoms with van der Waals surface area (Å²) in [5.41, 5.74) is 7.55. The molecule has 0 radical (unpaired) electrons. The van der Waals surface area contributed by atoms with Crippen molar-refractivity contribution >= 4 is 5.69 Å². The molecule has 0 amide bonds. The van der Waals surface area contributed by atoms with E-state index >= 15 is 0 Å². The van der Waals surface area contributed by atoms with Gasteiger partial charge in [0.25, 0.3) is 0 Å². The van der Waals surface area contributed by atoms with E-state index in [9.17, 15) is 4.79 Å². The van der Waals surface area contributed by atoms with E-state index in [1.807, 2.05) is 44.3 Å². The summed E-state index contributed by atoms with van der Waals surface area (Å²) in [5.74, 6) is 0. The van der Waals surface area contributed by atoms with Crippen LogP contribution in [0.4, 0.5) is 5.69 Å². The Bertz CT molecular complexity index is 566. The molecule has 0 saturated carbocycles. The molecule has 0 spiro atoms. The second-order valence-electron chi connectivity index (χ2n) is 4.41. The molecule has 2 aromatic rings. The van der Waals surface area contributed by atoms with Crippen LogP contribution in [-0.2, 0) is 6.54 Å². The Kier molecular flexibility index (Phi) is 3.04. The summed E-state index contributed by atoms with van der Waals surface area (Å²) in [6.45, 7) is 4.50. The zero-order valence-electron chi connectivity index (χ0n) is 10.1. The fourth-order valence-corrected chi connectivity index (χ4v) is 1.80. The zero-order valence-corrected chi connectivity index (χ0v) is 10.1. The van der Waals surface area contributed by atoms with Crippen LogP contribution in [0, 0.1) is 0 Å². The van der Waals surface area contributed by atoms with Gasteiger partial charge >= 0.3 is 5.69 Å². The minimum atomic E-state index is 0.00301. The van der Waals surface area contributed by atoms with Gasteiger partial charge in [-0.05, 0) is 25.5 Å². The normalized spacial score (nSPS) is 11.0. The summed E-state index contributed by atoms with van der Waals surface area (Å²) in [6.07, 6.45) is 3.61. The molecule has 0 atom stereocenters. The quantitative estimate of drug-likeness (QED) is 0.820. The van der Waals surface area contributed by atoms with Gasteiger partial charge in [0.1, 0.15) is 0 Å². The highest BCUT2D eigenvalue weighted by molar-refractivity contribution is 5.46. The van der Waals surface area contributed by atoms with Crippen molar-refractivity contribution in [1.29, 1.82) is 0 Å². The number of nitrogens with two attached hydrogens (primary N) is 1. The van der Waals surface area contributed by atoms with Crippen molar-refractivity contribution < 1.29 is 0 Å². The Hall–Kier alpha value is -1.97. The molecule has 0 aliphatic carbocycles. The van der Waals surface area contributed by atoms with E-state index in [4.69, 9.17) is 5.73 Å². The van der Waals surface area contributed by atoms with Crippen LogP contribution < -0.4 is 11.4 Å². The van der Waals surface area contributed by atoms with Crippen molar-refractivity contribution in [1.82, 2.24) is 9.13 Å². The maximum Gasteiger partial charge on any atom is 0.328 e. The average molecular weight is 231 g/mol. The lowest BCUT2D eigenvalue weighted by Crippen LogP contribution is -2.25. The number of hydrogen-bond acceptors (Lipinski definition) is 2. The molecule has 1 heterocycles. The van der Waals surface area contributed by atoms with Crippen LogP contribution in [0.5, 0.6) is 0 Å². The summed E-state index contributed by atoms with van der Waals surface area (Å²) in [5, 5.41) is 0. The maximum atomic E-state index is 12.0. The van der Waals surface area contributed by atoms with Crippen LogP contribution in [0.2, 0.25) is 0 Å². The standard InChI is InChI=1S/C13H17N3O/c1-10(2)16-8-7-15(13(16)17)9-11-5-3-4-6-12(11)14/h3-8,10H,9,14H2,1-2H3. The topological polar surface area (TPSA) is 52.9 Å². The third kappa shape index (κ3) is 2.25. The van der Waals surface area contributed by atoms with Crippen molar-refractivity contribution in [2.45, 2.75) is 26.4 Å². The van der Waals surface area contributed by atoms with Gasteiger partial charge in [0.15, 0.2) is 0 Å². The Morgan fingerprint density at radius 1 is 1.24 bits per heavy atom. The number of anilines is 1. The number of benzene rings is 1. The number of imidazole rings is 1. The maximum absolute atomic E-state index is 12.0. The molecular weight excluding hydrogens is 214 g/mol. The van der Waals surface area contributed by atoms with Crippen molar-refractivity contribution in [3.05, 3.63) is 52.7 Å². The Morgan fingerprint density at radius 2 is 1.94 bits per heavy atom. The van der Waals surface area contributed by atoms with E-state index in [0.717, 1.165) is 11.3 Å². The SMILES string of the molecule is CC(C)n1ccn(Cc2ccccc2N)c1=O. The van der Waals surface area contributed by atoms with Crippen LogP contribution in [0.15, 0.2) is 41.5 Å².